The van der Waals surface area contributed by atoms with Crippen LogP contribution in [-0.2, 0) is 17.7 Å². The number of H-pyrrole nitrogens is 1. The number of rotatable bonds is 5. The second kappa shape index (κ2) is 7.71. The number of ether oxygens (including phenoxy) is 1. The third-order valence-electron chi connectivity index (χ3n) is 3.46. The highest BCUT2D eigenvalue weighted by Crippen LogP contribution is 2.16. The molecule has 0 radical (unpaired) electrons. The van der Waals surface area contributed by atoms with E-state index in [1.807, 2.05) is 16.9 Å². The van der Waals surface area contributed by atoms with Gasteiger partial charge >= 0.3 is 0 Å². The number of nitrogens with one attached hydrogen (secondary N) is 2. The maximum Gasteiger partial charge on any atom is 0.133 e. The van der Waals surface area contributed by atoms with E-state index >= 15 is 0 Å². The predicted octanol–water partition coefficient (Wildman–Crippen LogP) is 1.28. The summed E-state index contributed by atoms with van der Waals surface area (Å²) in [5, 5.41) is 19.1. The molecule has 1 saturated heterocycles. The SMILES string of the molecule is CC(C)Cc1cc(-c2cn(CC3CNCCO3)nn2)n[nH]1.Cl. The zero-order chi connectivity index (χ0) is 14.7. The fourth-order valence-electron chi connectivity index (χ4n) is 2.49. The summed E-state index contributed by atoms with van der Waals surface area (Å²) in [7, 11) is 0. The van der Waals surface area contributed by atoms with Gasteiger partial charge in [-0.15, -0.1) is 17.5 Å². The fraction of sp³-hybridized carbons (Fsp3) is 0.643. The smallest absolute Gasteiger partial charge is 0.133 e. The maximum absolute atomic E-state index is 5.67. The molecule has 0 aromatic carbocycles. The van der Waals surface area contributed by atoms with Crippen molar-refractivity contribution in [1.29, 1.82) is 0 Å². The molecule has 22 heavy (non-hydrogen) atoms. The van der Waals surface area contributed by atoms with Gasteiger partial charge in [0.05, 0.1) is 25.5 Å². The van der Waals surface area contributed by atoms with E-state index in [2.05, 4.69) is 39.7 Å². The number of hydrogen-bond acceptors (Lipinski definition) is 5. The molecule has 8 heteroatoms. The highest BCUT2D eigenvalue weighted by molar-refractivity contribution is 5.85. The van der Waals surface area contributed by atoms with E-state index in [0.29, 0.717) is 12.5 Å². The summed E-state index contributed by atoms with van der Waals surface area (Å²) >= 11 is 0. The molecular weight excluding hydrogens is 304 g/mol. The van der Waals surface area contributed by atoms with Gasteiger partial charge in [-0.1, -0.05) is 19.1 Å². The molecular formula is C14H23ClN6O. The van der Waals surface area contributed by atoms with Crippen LogP contribution in [0.15, 0.2) is 12.3 Å². The van der Waals surface area contributed by atoms with E-state index in [0.717, 1.165) is 43.2 Å². The Bertz CT molecular complexity index is 575. The van der Waals surface area contributed by atoms with Crippen LogP contribution in [0.25, 0.3) is 11.4 Å². The van der Waals surface area contributed by atoms with E-state index in [1.165, 1.54) is 0 Å². The normalized spacial score (nSPS) is 18.4. The molecule has 1 unspecified atom stereocenters. The van der Waals surface area contributed by atoms with Crippen molar-refractivity contribution in [3.05, 3.63) is 18.0 Å². The monoisotopic (exact) mass is 326 g/mol. The van der Waals surface area contributed by atoms with Crippen LogP contribution >= 0.6 is 12.4 Å². The van der Waals surface area contributed by atoms with E-state index in [9.17, 15) is 0 Å². The third kappa shape index (κ3) is 4.28. The van der Waals surface area contributed by atoms with Crippen LogP contribution < -0.4 is 5.32 Å². The zero-order valence-electron chi connectivity index (χ0n) is 13.0. The van der Waals surface area contributed by atoms with Crippen LogP contribution in [0.5, 0.6) is 0 Å². The maximum atomic E-state index is 5.67. The molecule has 1 aliphatic heterocycles. The number of hydrogen-bond donors (Lipinski definition) is 2. The summed E-state index contributed by atoms with van der Waals surface area (Å²) in [6.07, 6.45) is 3.07. The first kappa shape index (κ1) is 16.9. The summed E-state index contributed by atoms with van der Waals surface area (Å²) in [5.74, 6) is 0.602. The Morgan fingerprint density at radius 2 is 2.27 bits per heavy atom. The molecule has 0 aliphatic carbocycles. The molecule has 0 amide bonds. The van der Waals surface area contributed by atoms with Crippen molar-refractivity contribution < 1.29 is 4.74 Å². The van der Waals surface area contributed by atoms with Gasteiger partial charge in [-0.2, -0.15) is 5.10 Å². The minimum absolute atomic E-state index is 0. The first-order valence-corrected chi connectivity index (χ1v) is 7.48. The lowest BCUT2D eigenvalue weighted by Gasteiger charge is -2.23. The summed E-state index contributed by atoms with van der Waals surface area (Å²) < 4.78 is 7.49. The standard InChI is InChI=1S/C14H22N6O.ClH/c1-10(2)5-11-6-13(17-16-11)14-9-20(19-18-14)8-12-7-15-3-4-21-12;/h6,9-10,12,15H,3-5,7-8H2,1-2H3,(H,16,17);1H. The van der Waals surface area contributed by atoms with Crippen LogP contribution in [0.3, 0.4) is 0 Å². The highest BCUT2D eigenvalue weighted by Gasteiger charge is 2.16. The first-order valence-electron chi connectivity index (χ1n) is 7.48. The van der Waals surface area contributed by atoms with Crippen molar-refractivity contribution >= 4 is 12.4 Å². The lowest BCUT2D eigenvalue weighted by Crippen LogP contribution is -2.40. The van der Waals surface area contributed by atoms with E-state index in [-0.39, 0.29) is 18.5 Å². The van der Waals surface area contributed by atoms with Crippen molar-refractivity contribution in [3.8, 4) is 11.4 Å². The largest absolute Gasteiger partial charge is 0.374 e. The molecule has 0 bridgehead atoms. The van der Waals surface area contributed by atoms with Gasteiger partial charge in [0.1, 0.15) is 11.4 Å². The van der Waals surface area contributed by atoms with Crippen molar-refractivity contribution in [2.45, 2.75) is 32.9 Å². The summed E-state index contributed by atoms with van der Waals surface area (Å²) in [6, 6.07) is 2.05. The zero-order valence-corrected chi connectivity index (χ0v) is 13.8. The van der Waals surface area contributed by atoms with Crippen molar-refractivity contribution in [3.63, 3.8) is 0 Å². The number of halogens is 1. The Balaban J connectivity index is 0.00000176. The molecule has 0 saturated carbocycles. The van der Waals surface area contributed by atoms with Gasteiger partial charge in [0, 0.05) is 18.8 Å². The van der Waals surface area contributed by atoms with Crippen LogP contribution in [0, 0.1) is 5.92 Å². The Morgan fingerprint density at radius 1 is 1.41 bits per heavy atom. The summed E-state index contributed by atoms with van der Waals surface area (Å²) in [6.45, 7) is 7.62. The van der Waals surface area contributed by atoms with Gasteiger partial charge in [0.25, 0.3) is 0 Å². The molecule has 2 N–H and O–H groups in total. The highest BCUT2D eigenvalue weighted by atomic mass is 35.5. The molecule has 1 aliphatic rings. The average molecular weight is 327 g/mol. The lowest BCUT2D eigenvalue weighted by molar-refractivity contribution is 0.0158. The molecule has 122 valence electrons. The second-order valence-electron chi connectivity index (χ2n) is 5.90. The first-order chi connectivity index (χ1) is 10.2. The number of aromatic nitrogens is 5. The number of aromatic amines is 1. The van der Waals surface area contributed by atoms with Gasteiger partial charge < -0.3 is 10.1 Å². The Kier molecular flexibility index (Phi) is 5.93. The Morgan fingerprint density at radius 3 is 3.00 bits per heavy atom. The minimum Gasteiger partial charge on any atom is -0.374 e. The van der Waals surface area contributed by atoms with Crippen LogP contribution in [-0.4, -0.2) is 51.0 Å². The molecule has 1 atom stereocenters. The van der Waals surface area contributed by atoms with Crippen LogP contribution in [0.1, 0.15) is 19.5 Å². The van der Waals surface area contributed by atoms with Gasteiger partial charge in [-0.3, -0.25) is 5.10 Å². The second-order valence-corrected chi connectivity index (χ2v) is 5.90. The average Bonchev–Trinajstić information content (AvgIpc) is 3.08. The van der Waals surface area contributed by atoms with Crippen molar-refractivity contribution in [2.75, 3.05) is 19.7 Å². The van der Waals surface area contributed by atoms with E-state index in [1.54, 1.807) is 0 Å². The molecule has 2 aromatic rings. The number of morpholine rings is 1. The van der Waals surface area contributed by atoms with E-state index in [4.69, 9.17) is 4.74 Å². The van der Waals surface area contributed by atoms with Gasteiger partial charge in [0.15, 0.2) is 0 Å². The number of nitrogens with zero attached hydrogens (tertiary/aromatic N) is 4. The topological polar surface area (TPSA) is 80.7 Å². The molecule has 3 heterocycles. The molecule has 1 fully saturated rings. The lowest BCUT2D eigenvalue weighted by atomic mass is 10.1. The van der Waals surface area contributed by atoms with Gasteiger partial charge in [0.2, 0.25) is 0 Å². The molecule has 2 aromatic heterocycles. The van der Waals surface area contributed by atoms with Gasteiger partial charge in [-0.25, -0.2) is 4.68 Å². The molecule has 0 spiro atoms. The fourth-order valence-corrected chi connectivity index (χ4v) is 2.49. The molecule has 7 nitrogen and oxygen atoms in total. The van der Waals surface area contributed by atoms with E-state index < -0.39 is 0 Å². The summed E-state index contributed by atoms with van der Waals surface area (Å²) in [4.78, 5) is 0. The van der Waals surface area contributed by atoms with Crippen molar-refractivity contribution in [1.82, 2.24) is 30.5 Å². The third-order valence-corrected chi connectivity index (χ3v) is 3.46. The Labute approximate surface area is 136 Å². The van der Waals surface area contributed by atoms with Crippen LogP contribution in [0.2, 0.25) is 0 Å². The quantitative estimate of drug-likeness (QED) is 0.865. The predicted molar refractivity (Wildman–Crippen MR) is 86.0 cm³/mol. The molecule has 3 rings (SSSR count). The van der Waals surface area contributed by atoms with Gasteiger partial charge in [-0.05, 0) is 18.4 Å². The summed E-state index contributed by atoms with van der Waals surface area (Å²) in [5.41, 5.74) is 2.78. The van der Waals surface area contributed by atoms with Crippen molar-refractivity contribution in [2.24, 2.45) is 5.92 Å². The van der Waals surface area contributed by atoms with Crippen LogP contribution in [0.4, 0.5) is 0 Å². The minimum atomic E-state index is 0. The Hall–Kier alpha value is -1.44.